The van der Waals surface area contributed by atoms with Crippen LogP contribution in [0.5, 0.6) is 11.5 Å². The fraction of sp³-hybridized carbons (Fsp3) is 0.476. The van der Waals surface area contributed by atoms with E-state index in [-0.39, 0.29) is 5.91 Å². The molecule has 1 aromatic heterocycles. The summed E-state index contributed by atoms with van der Waals surface area (Å²) < 4.78 is 16.0. The lowest BCUT2D eigenvalue weighted by Crippen LogP contribution is -2.49. The molecule has 160 valence electrons. The van der Waals surface area contributed by atoms with E-state index in [0.717, 1.165) is 37.8 Å². The van der Waals surface area contributed by atoms with Crippen LogP contribution in [0.4, 0.5) is 11.5 Å². The monoisotopic (exact) mass is 413 g/mol. The van der Waals surface area contributed by atoms with Gasteiger partial charge < -0.3 is 28.9 Å². The molecule has 4 rings (SSSR count). The molecule has 0 unspecified atom stereocenters. The number of hydrogen-bond donors (Lipinski definition) is 0. The number of piperazine rings is 1. The van der Waals surface area contributed by atoms with E-state index in [1.807, 2.05) is 4.90 Å². The number of carbonyl (C=O) groups excluding carboxylic acids is 1. The Morgan fingerprint density at radius 1 is 0.900 bits per heavy atom. The van der Waals surface area contributed by atoms with Gasteiger partial charge >= 0.3 is 0 Å². The lowest BCUT2D eigenvalue weighted by molar-refractivity contribution is 0.0745. The van der Waals surface area contributed by atoms with Crippen molar-refractivity contribution in [3.63, 3.8) is 0 Å². The topological polar surface area (TPSA) is 80.3 Å². The van der Waals surface area contributed by atoms with E-state index in [0.29, 0.717) is 43.2 Å². The van der Waals surface area contributed by atoms with Crippen LogP contribution in [0.15, 0.2) is 30.5 Å². The Kier molecular flexibility index (Phi) is 6.18. The van der Waals surface area contributed by atoms with Crippen molar-refractivity contribution in [2.45, 2.75) is 0 Å². The highest BCUT2D eigenvalue weighted by molar-refractivity contribution is 5.95. The maximum Gasteiger partial charge on any atom is 0.254 e. The minimum atomic E-state index is -0.0278. The number of hydrogen-bond acceptors (Lipinski definition) is 8. The first kappa shape index (κ1) is 20.2. The number of carbonyl (C=O) groups is 1. The summed E-state index contributed by atoms with van der Waals surface area (Å²) in [5.74, 6) is 2.02. The first-order valence-corrected chi connectivity index (χ1v) is 10.1. The number of amides is 1. The molecule has 2 aromatic rings. The fourth-order valence-corrected chi connectivity index (χ4v) is 3.75. The molecule has 30 heavy (non-hydrogen) atoms. The molecule has 2 saturated heterocycles. The number of rotatable bonds is 5. The number of benzene rings is 1. The standard InChI is InChI=1S/C21H27N5O4/c1-28-18-11-16(12-19(14-18)29-2)21(27)26-5-3-25(4-6-26)20-13-17(15-22-23-20)24-7-9-30-10-8-24/h11-15H,3-10H2,1-2H3. The van der Waals surface area contributed by atoms with Gasteiger partial charge in [-0.3, -0.25) is 4.79 Å². The van der Waals surface area contributed by atoms with Crippen LogP contribution >= 0.6 is 0 Å². The van der Waals surface area contributed by atoms with Crippen molar-refractivity contribution in [2.24, 2.45) is 0 Å². The highest BCUT2D eigenvalue weighted by Gasteiger charge is 2.24. The Hall–Kier alpha value is -3.07. The smallest absolute Gasteiger partial charge is 0.254 e. The molecule has 3 heterocycles. The third kappa shape index (κ3) is 4.40. The molecule has 0 bridgehead atoms. The molecule has 1 amide bonds. The third-order valence-corrected chi connectivity index (χ3v) is 5.49. The lowest BCUT2D eigenvalue weighted by Gasteiger charge is -2.36. The summed E-state index contributed by atoms with van der Waals surface area (Å²) >= 11 is 0. The van der Waals surface area contributed by atoms with Gasteiger partial charge in [0.15, 0.2) is 5.82 Å². The first-order valence-electron chi connectivity index (χ1n) is 10.1. The number of morpholine rings is 1. The summed E-state index contributed by atoms with van der Waals surface area (Å²) in [7, 11) is 3.15. The van der Waals surface area contributed by atoms with Crippen LogP contribution in [0.1, 0.15) is 10.4 Å². The van der Waals surface area contributed by atoms with Gasteiger partial charge in [-0.25, -0.2) is 0 Å². The second-order valence-corrected chi connectivity index (χ2v) is 7.25. The van der Waals surface area contributed by atoms with Crippen LogP contribution in [0.2, 0.25) is 0 Å². The molecular weight excluding hydrogens is 386 g/mol. The molecule has 9 heteroatoms. The Labute approximate surface area is 176 Å². The number of aromatic nitrogens is 2. The maximum absolute atomic E-state index is 13.0. The second-order valence-electron chi connectivity index (χ2n) is 7.25. The summed E-state index contributed by atoms with van der Waals surface area (Å²) in [6.07, 6.45) is 1.80. The summed E-state index contributed by atoms with van der Waals surface area (Å²) in [6, 6.07) is 7.32. The van der Waals surface area contributed by atoms with Gasteiger partial charge in [0, 0.05) is 57.0 Å². The zero-order valence-corrected chi connectivity index (χ0v) is 17.4. The van der Waals surface area contributed by atoms with Crippen LogP contribution in [0, 0.1) is 0 Å². The van der Waals surface area contributed by atoms with Crippen LogP contribution in [0.3, 0.4) is 0 Å². The van der Waals surface area contributed by atoms with Crippen molar-refractivity contribution >= 4 is 17.4 Å². The van der Waals surface area contributed by atoms with E-state index in [2.05, 4.69) is 26.1 Å². The Bertz CT molecular complexity index is 857. The van der Waals surface area contributed by atoms with Crippen molar-refractivity contribution in [1.29, 1.82) is 0 Å². The highest BCUT2D eigenvalue weighted by atomic mass is 16.5. The molecule has 2 aliphatic heterocycles. The van der Waals surface area contributed by atoms with Crippen molar-refractivity contribution in [3.8, 4) is 11.5 Å². The van der Waals surface area contributed by atoms with Gasteiger partial charge in [-0.05, 0) is 12.1 Å². The van der Waals surface area contributed by atoms with Gasteiger partial charge in [0.2, 0.25) is 0 Å². The molecule has 1 aromatic carbocycles. The van der Waals surface area contributed by atoms with E-state index >= 15 is 0 Å². The zero-order chi connectivity index (χ0) is 20.9. The normalized spacial score (nSPS) is 17.1. The number of methoxy groups -OCH3 is 2. The van der Waals surface area contributed by atoms with Crippen molar-refractivity contribution in [2.75, 3.05) is 76.5 Å². The summed E-state index contributed by atoms with van der Waals surface area (Å²) in [5.41, 5.74) is 1.62. The van der Waals surface area contributed by atoms with E-state index < -0.39 is 0 Å². The predicted molar refractivity (Wildman–Crippen MR) is 113 cm³/mol. The molecule has 0 aliphatic carbocycles. The van der Waals surface area contributed by atoms with E-state index in [9.17, 15) is 4.79 Å². The SMILES string of the molecule is COc1cc(OC)cc(C(=O)N2CCN(c3cc(N4CCOCC4)cnn3)CC2)c1. The average molecular weight is 413 g/mol. The van der Waals surface area contributed by atoms with Gasteiger partial charge in [-0.1, -0.05) is 0 Å². The van der Waals surface area contributed by atoms with Crippen LogP contribution in [-0.2, 0) is 4.74 Å². The third-order valence-electron chi connectivity index (χ3n) is 5.49. The second kappa shape index (κ2) is 9.17. The van der Waals surface area contributed by atoms with Crippen molar-refractivity contribution in [3.05, 3.63) is 36.0 Å². The molecule has 0 radical (unpaired) electrons. The van der Waals surface area contributed by atoms with E-state index in [1.54, 1.807) is 38.6 Å². The van der Waals surface area contributed by atoms with Gasteiger partial charge in [-0.15, -0.1) is 5.10 Å². The van der Waals surface area contributed by atoms with Crippen LogP contribution < -0.4 is 19.3 Å². The number of ether oxygens (including phenoxy) is 3. The molecule has 0 spiro atoms. The van der Waals surface area contributed by atoms with Gasteiger partial charge in [-0.2, -0.15) is 5.10 Å². The number of nitrogens with zero attached hydrogens (tertiary/aromatic N) is 5. The quantitative estimate of drug-likeness (QED) is 0.726. The molecular formula is C21H27N5O4. The molecule has 2 aliphatic rings. The summed E-state index contributed by atoms with van der Waals surface area (Å²) in [5, 5.41) is 8.51. The molecule has 0 N–H and O–H groups in total. The minimum absolute atomic E-state index is 0.0278. The lowest BCUT2D eigenvalue weighted by atomic mass is 10.1. The van der Waals surface area contributed by atoms with Gasteiger partial charge in [0.1, 0.15) is 11.5 Å². The molecule has 0 atom stereocenters. The number of anilines is 2. The molecule has 0 saturated carbocycles. The largest absolute Gasteiger partial charge is 0.497 e. The van der Waals surface area contributed by atoms with E-state index in [1.165, 1.54) is 0 Å². The Morgan fingerprint density at radius 3 is 2.20 bits per heavy atom. The van der Waals surface area contributed by atoms with Gasteiger partial charge in [0.25, 0.3) is 5.91 Å². The zero-order valence-electron chi connectivity index (χ0n) is 17.4. The Morgan fingerprint density at radius 2 is 1.57 bits per heavy atom. The fourth-order valence-electron chi connectivity index (χ4n) is 3.75. The molecule has 9 nitrogen and oxygen atoms in total. The highest BCUT2D eigenvalue weighted by Crippen LogP contribution is 2.25. The maximum atomic E-state index is 13.0. The summed E-state index contributed by atoms with van der Waals surface area (Å²) in [6.45, 7) is 5.81. The predicted octanol–water partition coefficient (Wildman–Crippen LogP) is 1.29. The average Bonchev–Trinajstić information content (AvgIpc) is 2.84. The van der Waals surface area contributed by atoms with Crippen LogP contribution in [-0.4, -0.2) is 87.7 Å². The van der Waals surface area contributed by atoms with Gasteiger partial charge in [0.05, 0.1) is 39.3 Å². The van der Waals surface area contributed by atoms with Crippen molar-refractivity contribution < 1.29 is 19.0 Å². The Balaban J connectivity index is 1.41. The summed E-state index contributed by atoms with van der Waals surface area (Å²) in [4.78, 5) is 19.3. The molecule has 2 fully saturated rings. The van der Waals surface area contributed by atoms with Crippen LogP contribution in [0.25, 0.3) is 0 Å². The van der Waals surface area contributed by atoms with E-state index in [4.69, 9.17) is 14.2 Å². The minimum Gasteiger partial charge on any atom is -0.497 e. The first-order chi connectivity index (χ1) is 14.7. The van der Waals surface area contributed by atoms with Crippen molar-refractivity contribution in [1.82, 2.24) is 15.1 Å².